The normalized spacial score (nSPS) is 6.71. The lowest BCUT2D eigenvalue weighted by Crippen LogP contribution is -2.05. The van der Waals surface area contributed by atoms with Crippen molar-refractivity contribution in [3.05, 3.63) is 0 Å². The standard InChI is InChI=1S/C3H5BO2S/c1-7-3-2-4(5)6/h5-6H,1H3. The lowest BCUT2D eigenvalue weighted by molar-refractivity contribution is 0.427. The van der Waals surface area contributed by atoms with Crippen LogP contribution >= 0.6 is 11.8 Å². The molecule has 0 aliphatic carbocycles. The van der Waals surface area contributed by atoms with E-state index in [4.69, 9.17) is 10.0 Å². The summed E-state index contributed by atoms with van der Waals surface area (Å²) in [5.41, 5.74) is 0. The number of hydrogen-bond donors (Lipinski definition) is 2. The van der Waals surface area contributed by atoms with E-state index < -0.39 is 7.12 Å². The van der Waals surface area contributed by atoms with E-state index in [-0.39, 0.29) is 0 Å². The Balaban J connectivity index is 3.24. The molecule has 2 N–H and O–H groups in total. The minimum atomic E-state index is -1.48. The van der Waals surface area contributed by atoms with Gasteiger partial charge in [-0.15, -0.1) is 0 Å². The molecule has 0 bridgehead atoms. The first-order valence-corrected chi connectivity index (χ1v) is 2.89. The molecule has 0 aromatic rings. The van der Waals surface area contributed by atoms with Gasteiger partial charge >= 0.3 is 7.12 Å². The summed E-state index contributed by atoms with van der Waals surface area (Å²) in [7, 11) is -1.48. The number of thioether (sulfide) groups is 1. The lowest BCUT2D eigenvalue weighted by Gasteiger charge is -1.75. The Morgan fingerprint density at radius 1 is 1.57 bits per heavy atom. The van der Waals surface area contributed by atoms with Gasteiger partial charge in [0.05, 0.1) is 0 Å². The van der Waals surface area contributed by atoms with E-state index in [1.165, 1.54) is 11.8 Å². The molecule has 0 saturated carbocycles. The molecule has 7 heavy (non-hydrogen) atoms. The topological polar surface area (TPSA) is 40.5 Å². The fraction of sp³-hybridized carbons (Fsp3) is 0.333. The van der Waals surface area contributed by atoms with Gasteiger partial charge in [-0.25, -0.2) is 0 Å². The van der Waals surface area contributed by atoms with E-state index in [0.29, 0.717) is 0 Å². The summed E-state index contributed by atoms with van der Waals surface area (Å²) in [5.74, 6) is 2.12. The van der Waals surface area contributed by atoms with E-state index in [1.54, 1.807) is 6.26 Å². The first kappa shape index (κ1) is 6.89. The fourth-order valence-corrected chi connectivity index (χ4v) is 0.335. The van der Waals surface area contributed by atoms with Crippen LogP contribution in [0.1, 0.15) is 0 Å². The molecule has 0 aliphatic heterocycles. The van der Waals surface area contributed by atoms with Crippen LogP contribution in [0.5, 0.6) is 0 Å². The predicted molar refractivity (Wildman–Crippen MR) is 31.5 cm³/mol. The van der Waals surface area contributed by atoms with Crippen molar-refractivity contribution < 1.29 is 10.0 Å². The second-order valence-electron chi connectivity index (χ2n) is 0.824. The Labute approximate surface area is 47.1 Å². The molecule has 0 fully saturated rings. The molecule has 0 atom stereocenters. The van der Waals surface area contributed by atoms with Crippen LogP contribution in [0.4, 0.5) is 0 Å². The quantitative estimate of drug-likeness (QED) is 0.325. The minimum absolute atomic E-state index is 1.25. The summed E-state index contributed by atoms with van der Waals surface area (Å²) >= 11 is 1.25. The Kier molecular flexibility index (Phi) is 4.00. The Bertz CT molecular complexity index is 92.8. The minimum Gasteiger partial charge on any atom is -0.416 e. The molecule has 0 amide bonds. The van der Waals surface area contributed by atoms with Gasteiger partial charge < -0.3 is 10.0 Å². The maximum absolute atomic E-state index is 8.05. The van der Waals surface area contributed by atoms with Crippen molar-refractivity contribution in [2.45, 2.75) is 0 Å². The first-order chi connectivity index (χ1) is 3.27. The van der Waals surface area contributed by atoms with Crippen molar-refractivity contribution in [2.75, 3.05) is 6.26 Å². The van der Waals surface area contributed by atoms with Gasteiger partial charge in [-0.2, -0.15) is 0 Å². The van der Waals surface area contributed by atoms with Gasteiger partial charge in [-0.1, -0.05) is 17.6 Å². The maximum Gasteiger partial charge on any atom is 0.545 e. The van der Waals surface area contributed by atoms with Gasteiger partial charge in [-0.05, 0) is 11.5 Å². The molecule has 0 aliphatic rings. The fourth-order valence-electron chi connectivity index (χ4n) is 0.112. The maximum atomic E-state index is 8.05. The highest BCUT2D eigenvalue weighted by atomic mass is 32.2. The molecule has 0 heterocycles. The highest BCUT2D eigenvalue weighted by Gasteiger charge is 1.95. The molecular formula is C3H5BO2S. The van der Waals surface area contributed by atoms with E-state index in [1.807, 2.05) is 0 Å². The highest BCUT2D eigenvalue weighted by molar-refractivity contribution is 8.03. The molecular weight excluding hydrogens is 111 g/mol. The summed E-state index contributed by atoms with van der Waals surface area (Å²) in [5, 5.41) is 18.5. The van der Waals surface area contributed by atoms with Crippen LogP contribution in [0.3, 0.4) is 0 Å². The highest BCUT2D eigenvalue weighted by Crippen LogP contribution is 1.82. The Morgan fingerprint density at radius 2 is 2.14 bits per heavy atom. The van der Waals surface area contributed by atoms with Crippen molar-refractivity contribution in [3.8, 4) is 11.1 Å². The molecule has 0 radical (unpaired) electrons. The predicted octanol–water partition coefficient (Wildman–Crippen LogP) is -0.678. The molecule has 4 heteroatoms. The van der Waals surface area contributed by atoms with Gasteiger partial charge in [0.2, 0.25) is 0 Å². The van der Waals surface area contributed by atoms with Gasteiger partial charge in [0.15, 0.2) is 0 Å². The van der Waals surface area contributed by atoms with E-state index >= 15 is 0 Å². The second-order valence-corrected chi connectivity index (χ2v) is 1.44. The summed E-state index contributed by atoms with van der Waals surface area (Å²) in [6, 6.07) is 0. The molecule has 0 spiro atoms. The van der Waals surface area contributed by atoms with Crippen molar-refractivity contribution >= 4 is 18.9 Å². The van der Waals surface area contributed by atoms with Crippen molar-refractivity contribution in [3.63, 3.8) is 0 Å². The SMILES string of the molecule is CSC#CB(O)O. The van der Waals surface area contributed by atoms with Crippen LogP contribution in [-0.2, 0) is 0 Å². The molecule has 0 aromatic carbocycles. The smallest absolute Gasteiger partial charge is 0.416 e. The zero-order valence-corrected chi connectivity index (χ0v) is 4.70. The van der Waals surface area contributed by atoms with Crippen LogP contribution in [0.2, 0.25) is 0 Å². The average Bonchev–Trinajstić information content (AvgIpc) is 1.61. The van der Waals surface area contributed by atoms with Gasteiger partial charge in [0.1, 0.15) is 0 Å². The summed E-state index contributed by atoms with van der Waals surface area (Å²) < 4.78 is 0. The summed E-state index contributed by atoms with van der Waals surface area (Å²) in [6.45, 7) is 0. The third-order valence-electron chi connectivity index (χ3n) is 0.290. The molecule has 38 valence electrons. The second kappa shape index (κ2) is 4.06. The average molecular weight is 116 g/mol. The largest absolute Gasteiger partial charge is 0.545 e. The van der Waals surface area contributed by atoms with Gasteiger partial charge in [0, 0.05) is 0 Å². The molecule has 0 saturated heterocycles. The summed E-state index contributed by atoms with van der Waals surface area (Å²) in [4.78, 5) is 0. The van der Waals surface area contributed by atoms with Crippen LogP contribution in [0.15, 0.2) is 0 Å². The van der Waals surface area contributed by atoms with Crippen LogP contribution < -0.4 is 0 Å². The molecule has 0 unspecified atom stereocenters. The van der Waals surface area contributed by atoms with Crippen molar-refractivity contribution in [1.82, 2.24) is 0 Å². The van der Waals surface area contributed by atoms with Gasteiger partial charge in [0.25, 0.3) is 0 Å². The summed E-state index contributed by atoms with van der Waals surface area (Å²) in [6.07, 6.45) is 1.76. The zero-order valence-electron chi connectivity index (χ0n) is 3.88. The first-order valence-electron chi connectivity index (χ1n) is 1.67. The number of rotatable bonds is 0. The van der Waals surface area contributed by atoms with Crippen LogP contribution in [0.25, 0.3) is 0 Å². The lowest BCUT2D eigenvalue weighted by atomic mass is 9.95. The monoisotopic (exact) mass is 116 g/mol. The molecule has 2 nitrogen and oxygen atoms in total. The van der Waals surface area contributed by atoms with E-state index in [0.717, 1.165) is 0 Å². The molecule has 0 aromatic heterocycles. The van der Waals surface area contributed by atoms with Gasteiger partial charge in [-0.3, -0.25) is 0 Å². The zero-order chi connectivity index (χ0) is 5.70. The van der Waals surface area contributed by atoms with Crippen molar-refractivity contribution in [1.29, 1.82) is 0 Å². The third kappa shape index (κ3) is 5.89. The molecule has 0 rings (SSSR count). The Morgan fingerprint density at radius 3 is 2.29 bits per heavy atom. The van der Waals surface area contributed by atoms with E-state index in [9.17, 15) is 0 Å². The Hall–Kier alpha value is -0.105. The van der Waals surface area contributed by atoms with E-state index in [2.05, 4.69) is 11.1 Å². The van der Waals surface area contributed by atoms with Crippen molar-refractivity contribution in [2.24, 2.45) is 0 Å². The van der Waals surface area contributed by atoms with Crippen LogP contribution in [0, 0.1) is 11.1 Å². The third-order valence-corrected chi connectivity index (χ3v) is 0.612. The van der Waals surface area contributed by atoms with Crippen LogP contribution in [-0.4, -0.2) is 23.4 Å². The number of hydrogen-bond acceptors (Lipinski definition) is 3.